The lowest BCUT2D eigenvalue weighted by Gasteiger charge is -2.34. The van der Waals surface area contributed by atoms with Crippen LogP contribution in [0.4, 0.5) is 9.59 Å². The highest BCUT2D eigenvalue weighted by atomic mass is 16.5. The van der Waals surface area contributed by atoms with Gasteiger partial charge in [-0.1, -0.05) is 96.1 Å². The Balaban J connectivity index is 1.96. The number of aliphatic hydroxyl groups excluding tert-OH is 1. The summed E-state index contributed by atoms with van der Waals surface area (Å²) in [5.41, 5.74) is 2.42. The van der Waals surface area contributed by atoms with Crippen LogP contribution in [0.25, 0.3) is 11.1 Å². The maximum absolute atomic E-state index is 13.8. The molecule has 0 saturated carbocycles. The van der Waals surface area contributed by atoms with Crippen molar-refractivity contribution in [2.45, 2.75) is 91.1 Å². The lowest BCUT2D eigenvalue weighted by molar-refractivity contribution is -0.128. The van der Waals surface area contributed by atoms with Crippen LogP contribution in [0.5, 0.6) is 0 Å². The number of aromatic nitrogens is 1. The van der Waals surface area contributed by atoms with Crippen molar-refractivity contribution in [3.63, 3.8) is 0 Å². The van der Waals surface area contributed by atoms with Gasteiger partial charge in [0.25, 0.3) is 0 Å². The zero-order chi connectivity index (χ0) is 37.8. The third kappa shape index (κ3) is 12.7. The predicted octanol–water partition coefficient (Wildman–Crippen LogP) is 4.80. The summed E-state index contributed by atoms with van der Waals surface area (Å²) >= 11 is 0. The minimum absolute atomic E-state index is 0.0509. The van der Waals surface area contributed by atoms with Gasteiger partial charge in [-0.2, -0.15) is 0 Å². The van der Waals surface area contributed by atoms with Crippen molar-refractivity contribution in [1.82, 2.24) is 26.3 Å². The first-order valence-corrected chi connectivity index (χ1v) is 17.0. The smallest absolute Gasteiger partial charge is 0.407 e. The number of hydrogen-bond donors (Lipinski definition) is 5. The van der Waals surface area contributed by atoms with Gasteiger partial charge in [-0.15, -0.1) is 0 Å². The van der Waals surface area contributed by atoms with Crippen LogP contribution in [-0.4, -0.2) is 78.6 Å². The molecule has 0 spiro atoms. The maximum atomic E-state index is 13.8. The number of carbonyl (C=O) groups excluding carboxylic acids is 4. The van der Waals surface area contributed by atoms with Gasteiger partial charge < -0.3 is 35.8 Å². The number of alkyl carbamates (subject to hydrolysis) is 2. The highest BCUT2D eigenvalue weighted by Gasteiger charge is 2.37. The first-order chi connectivity index (χ1) is 24.0. The molecule has 0 radical (unpaired) electrons. The lowest BCUT2D eigenvalue weighted by atomic mass is 9.85. The molecule has 2 aromatic carbocycles. The fourth-order valence-electron chi connectivity index (χ4n) is 5.72. The molecular weight excluding hydrogens is 650 g/mol. The highest BCUT2D eigenvalue weighted by Crippen LogP contribution is 2.24. The molecule has 1 heterocycles. The molecule has 0 aliphatic carbocycles. The number of carbonyl (C=O) groups is 4. The molecule has 5 atom stereocenters. The van der Waals surface area contributed by atoms with Gasteiger partial charge in [0.2, 0.25) is 11.8 Å². The molecular formula is C39H53N5O7. The van der Waals surface area contributed by atoms with Crippen LogP contribution in [0.1, 0.15) is 59.1 Å². The van der Waals surface area contributed by atoms with E-state index >= 15 is 0 Å². The molecule has 3 rings (SSSR count). The SMILES string of the molecule is COC(=O)N[C@H](C(=O)N[C@@H](Cc1ccc(-c2ccncc2)cc1)C[C@H](O)[C@H](Cc1ccccc1)NC(=O)[C@@H](NC(=O)OC)C(C)(C)C)C(C)(C)C. The summed E-state index contributed by atoms with van der Waals surface area (Å²) < 4.78 is 9.56. The van der Waals surface area contributed by atoms with Crippen LogP contribution in [-0.2, 0) is 31.9 Å². The Kier molecular flexibility index (Phi) is 14.5. The average molecular weight is 704 g/mol. The van der Waals surface area contributed by atoms with Gasteiger partial charge in [0.1, 0.15) is 12.1 Å². The van der Waals surface area contributed by atoms with E-state index in [1.54, 1.807) is 12.4 Å². The van der Waals surface area contributed by atoms with Crippen molar-refractivity contribution in [3.8, 4) is 11.1 Å². The molecule has 0 saturated heterocycles. The van der Waals surface area contributed by atoms with Gasteiger partial charge in [-0.25, -0.2) is 9.59 Å². The molecule has 0 bridgehead atoms. The quantitative estimate of drug-likeness (QED) is 0.160. The molecule has 0 unspecified atom stereocenters. The normalized spacial score (nSPS) is 14.5. The Morgan fingerprint density at radius 1 is 0.647 bits per heavy atom. The maximum Gasteiger partial charge on any atom is 0.407 e. The first kappa shape index (κ1) is 40.5. The second-order valence-corrected chi connectivity index (χ2v) is 14.8. The van der Waals surface area contributed by atoms with Crippen molar-refractivity contribution in [2.24, 2.45) is 10.8 Å². The number of nitrogens with zero attached hydrogens (tertiary/aromatic N) is 1. The molecule has 51 heavy (non-hydrogen) atoms. The van der Waals surface area contributed by atoms with Crippen LogP contribution in [0.2, 0.25) is 0 Å². The molecule has 4 amide bonds. The Morgan fingerprint density at radius 3 is 1.61 bits per heavy atom. The summed E-state index contributed by atoms with van der Waals surface area (Å²) in [4.78, 5) is 56.1. The van der Waals surface area contributed by atoms with E-state index in [0.717, 1.165) is 22.3 Å². The predicted molar refractivity (Wildman–Crippen MR) is 196 cm³/mol. The van der Waals surface area contributed by atoms with Crippen molar-refractivity contribution in [1.29, 1.82) is 0 Å². The average Bonchev–Trinajstić information content (AvgIpc) is 3.08. The van der Waals surface area contributed by atoms with Crippen LogP contribution in [0.3, 0.4) is 0 Å². The van der Waals surface area contributed by atoms with Crippen molar-refractivity contribution >= 4 is 24.0 Å². The van der Waals surface area contributed by atoms with Crippen LogP contribution < -0.4 is 21.3 Å². The Labute approximate surface area is 301 Å². The van der Waals surface area contributed by atoms with Gasteiger partial charge in [0, 0.05) is 18.4 Å². The largest absolute Gasteiger partial charge is 0.453 e. The number of aliphatic hydroxyl groups is 1. The molecule has 12 nitrogen and oxygen atoms in total. The van der Waals surface area contributed by atoms with Crippen molar-refractivity contribution in [3.05, 3.63) is 90.3 Å². The fourth-order valence-corrected chi connectivity index (χ4v) is 5.72. The summed E-state index contributed by atoms with van der Waals surface area (Å²) in [6.07, 6.45) is 1.48. The third-order valence-corrected chi connectivity index (χ3v) is 8.56. The minimum atomic E-state index is -1.14. The van der Waals surface area contributed by atoms with Crippen LogP contribution >= 0.6 is 0 Å². The van der Waals surface area contributed by atoms with Crippen molar-refractivity contribution in [2.75, 3.05) is 14.2 Å². The lowest BCUT2D eigenvalue weighted by Crippen LogP contribution is -2.59. The van der Waals surface area contributed by atoms with E-state index in [1.165, 1.54) is 14.2 Å². The molecule has 12 heteroatoms. The van der Waals surface area contributed by atoms with E-state index in [9.17, 15) is 24.3 Å². The van der Waals surface area contributed by atoms with E-state index < -0.39 is 65.1 Å². The van der Waals surface area contributed by atoms with Gasteiger partial charge in [0.05, 0.1) is 26.4 Å². The number of hydrogen-bond acceptors (Lipinski definition) is 8. The number of ether oxygens (including phenoxy) is 2. The number of pyridine rings is 1. The minimum Gasteiger partial charge on any atom is -0.453 e. The highest BCUT2D eigenvalue weighted by molar-refractivity contribution is 5.87. The van der Waals surface area contributed by atoms with E-state index in [0.29, 0.717) is 6.42 Å². The van der Waals surface area contributed by atoms with Crippen LogP contribution in [0, 0.1) is 10.8 Å². The van der Waals surface area contributed by atoms with E-state index in [4.69, 9.17) is 9.47 Å². The molecule has 1 aromatic heterocycles. The zero-order valence-corrected chi connectivity index (χ0v) is 30.9. The number of benzene rings is 2. The Bertz CT molecular complexity index is 1570. The number of rotatable bonds is 14. The molecule has 3 aromatic rings. The van der Waals surface area contributed by atoms with E-state index in [1.807, 2.05) is 108 Å². The monoisotopic (exact) mass is 703 g/mol. The standard InChI is InChI=1S/C39H53N5O7/c1-38(2,3)32(43-36(48)50-7)34(46)41-29(22-26-14-16-27(17-15-26)28-18-20-40-21-19-28)24-31(45)30(23-25-12-10-9-11-13-25)42-35(47)33(39(4,5)6)44-37(49)51-8/h9-21,29-33,45H,22-24H2,1-8H3,(H,41,46)(H,42,47)(H,43,48)(H,44,49)/t29-,30-,31-,32+,33+/m0/s1. The number of amides is 4. The van der Waals surface area contributed by atoms with Crippen molar-refractivity contribution < 1.29 is 33.8 Å². The van der Waals surface area contributed by atoms with Gasteiger partial charge in [0.15, 0.2) is 0 Å². The third-order valence-electron chi connectivity index (χ3n) is 8.56. The summed E-state index contributed by atoms with van der Waals surface area (Å²) in [6.45, 7) is 10.9. The first-order valence-electron chi connectivity index (χ1n) is 17.0. The Morgan fingerprint density at radius 2 is 1.12 bits per heavy atom. The van der Waals surface area contributed by atoms with Gasteiger partial charge >= 0.3 is 12.2 Å². The second kappa shape index (κ2) is 18.3. The molecule has 0 fully saturated rings. The second-order valence-electron chi connectivity index (χ2n) is 14.8. The molecule has 0 aliphatic heterocycles. The van der Waals surface area contributed by atoms with Crippen LogP contribution in [0.15, 0.2) is 79.1 Å². The molecule has 276 valence electrons. The summed E-state index contributed by atoms with van der Waals surface area (Å²) in [5.74, 6) is -0.938. The number of methoxy groups -OCH3 is 2. The summed E-state index contributed by atoms with van der Waals surface area (Å²) in [7, 11) is 2.45. The fraction of sp³-hybridized carbons (Fsp3) is 0.462. The van der Waals surface area contributed by atoms with Gasteiger partial charge in [-0.05, 0) is 64.5 Å². The topological polar surface area (TPSA) is 168 Å². The van der Waals surface area contributed by atoms with E-state index in [-0.39, 0.29) is 12.8 Å². The summed E-state index contributed by atoms with van der Waals surface area (Å²) in [5, 5.41) is 23.2. The molecule has 5 N–H and O–H groups in total. The van der Waals surface area contributed by atoms with E-state index in [2.05, 4.69) is 26.3 Å². The molecule has 0 aliphatic rings. The zero-order valence-electron chi connectivity index (χ0n) is 30.9. The van der Waals surface area contributed by atoms with Gasteiger partial charge in [-0.3, -0.25) is 14.6 Å². The Hall–Kier alpha value is -4.97. The summed E-state index contributed by atoms with van der Waals surface area (Å²) in [6, 6.07) is 17.8. The number of nitrogens with one attached hydrogen (secondary N) is 4.